The molecular weight excluding hydrogens is 510 g/mol. The Morgan fingerprint density at radius 1 is 0.949 bits per heavy atom. The van der Waals surface area contributed by atoms with Crippen molar-refractivity contribution in [3.8, 4) is 0 Å². The second-order valence-corrected chi connectivity index (χ2v) is 9.90. The molecule has 2 aliphatic heterocycles. The maximum absolute atomic E-state index is 13.4. The van der Waals surface area contributed by atoms with Crippen molar-refractivity contribution in [2.24, 2.45) is 27.9 Å². The predicted molar refractivity (Wildman–Crippen MR) is 143 cm³/mol. The van der Waals surface area contributed by atoms with Gasteiger partial charge in [-0.3, -0.25) is 24.2 Å². The van der Waals surface area contributed by atoms with Gasteiger partial charge in [-0.1, -0.05) is 0 Å². The topological polar surface area (TPSA) is 253 Å². The van der Waals surface area contributed by atoms with Crippen molar-refractivity contribution in [3.63, 3.8) is 0 Å². The van der Waals surface area contributed by atoms with Crippen molar-refractivity contribution in [1.82, 2.24) is 20.4 Å². The third kappa shape index (κ3) is 9.66. The molecule has 2 fully saturated rings. The number of unbranched alkanes of at least 4 members (excludes halogenated alkanes) is 1. The highest BCUT2D eigenvalue weighted by molar-refractivity contribution is 5.95. The summed E-state index contributed by atoms with van der Waals surface area (Å²) in [5.41, 5.74) is 22.1. The average Bonchev–Trinajstić information content (AvgIpc) is 3.58. The minimum absolute atomic E-state index is 0.0345. The van der Waals surface area contributed by atoms with Gasteiger partial charge in [-0.05, 0) is 64.3 Å². The van der Waals surface area contributed by atoms with Crippen LogP contribution < -0.4 is 33.6 Å². The highest BCUT2D eigenvalue weighted by Crippen LogP contribution is 2.25. The molecule has 0 spiro atoms. The second kappa shape index (κ2) is 15.8. The first-order chi connectivity index (χ1) is 18.6. The fraction of sp³-hybridized carbons (Fsp3) is 0.750. The van der Waals surface area contributed by atoms with E-state index < -0.39 is 48.5 Å². The summed E-state index contributed by atoms with van der Waals surface area (Å²) < 4.78 is 0. The number of guanidine groups is 1. The van der Waals surface area contributed by atoms with Crippen molar-refractivity contribution >= 4 is 35.6 Å². The summed E-state index contributed by atoms with van der Waals surface area (Å²) in [7, 11) is 0. The molecule has 0 aromatic heterocycles. The Morgan fingerprint density at radius 2 is 1.62 bits per heavy atom. The number of carboxylic acid groups (broad SMARTS) is 1. The number of carboxylic acids is 1. The van der Waals surface area contributed by atoms with Crippen molar-refractivity contribution in [3.05, 3.63) is 0 Å². The first-order valence-electron chi connectivity index (χ1n) is 13.5. The van der Waals surface area contributed by atoms with Crippen LogP contribution in [-0.4, -0.2) is 107 Å². The Balaban J connectivity index is 1.91. The van der Waals surface area contributed by atoms with Gasteiger partial charge in [0.1, 0.15) is 18.1 Å². The minimum Gasteiger partial charge on any atom is -0.480 e. The largest absolute Gasteiger partial charge is 0.480 e. The quantitative estimate of drug-likeness (QED) is 0.0621. The van der Waals surface area contributed by atoms with E-state index in [1.165, 1.54) is 9.80 Å². The zero-order valence-electron chi connectivity index (χ0n) is 22.3. The number of aliphatic imine (C=N–C) groups is 1. The van der Waals surface area contributed by atoms with Crippen LogP contribution in [0.1, 0.15) is 57.8 Å². The summed E-state index contributed by atoms with van der Waals surface area (Å²) in [5.74, 6) is -2.98. The summed E-state index contributed by atoms with van der Waals surface area (Å²) >= 11 is 0. The summed E-state index contributed by atoms with van der Waals surface area (Å²) in [6.07, 6.45) is 4.42. The van der Waals surface area contributed by atoms with E-state index in [1.807, 2.05) is 0 Å². The molecule has 0 bridgehead atoms. The molecule has 4 atom stereocenters. The average molecular weight is 554 g/mol. The molecule has 0 saturated carbocycles. The van der Waals surface area contributed by atoms with E-state index in [-0.39, 0.29) is 24.2 Å². The molecule has 15 nitrogen and oxygen atoms in total. The van der Waals surface area contributed by atoms with Gasteiger partial charge in [0.25, 0.3) is 0 Å². The third-order valence-corrected chi connectivity index (χ3v) is 6.95. The molecule has 39 heavy (non-hydrogen) atoms. The Kier molecular flexibility index (Phi) is 12.9. The second-order valence-electron chi connectivity index (χ2n) is 9.90. The van der Waals surface area contributed by atoms with Crippen LogP contribution >= 0.6 is 0 Å². The molecule has 220 valence electrons. The lowest BCUT2D eigenvalue weighted by Gasteiger charge is -2.32. The first-order valence-corrected chi connectivity index (χ1v) is 13.5. The van der Waals surface area contributed by atoms with Crippen molar-refractivity contribution in [2.45, 2.75) is 82.0 Å². The summed E-state index contributed by atoms with van der Waals surface area (Å²) in [5, 5.41) is 14.2. The molecule has 0 unspecified atom stereocenters. The van der Waals surface area contributed by atoms with Crippen LogP contribution in [0.15, 0.2) is 4.99 Å². The van der Waals surface area contributed by atoms with E-state index in [0.29, 0.717) is 77.5 Å². The lowest BCUT2D eigenvalue weighted by atomic mass is 10.1. The third-order valence-electron chi connectivity index (χ3n) is 6.95. The standard InChI is InChI=1S/C24H43N9O6/c25-10-2-1-7-16(23(38)39)31-19(34)14-30-20(35)17-8-4-12-32(17)22(37)18-9-5-13-33(18)21(36)15(26)6-3-11-29-24(27)28/h15-18H,1-14,25-26H2,(H,30,35)(H,31,34)(H,38,39)(H4,27,28,29)/t15-,16-,17-,18-/m0/s1. The molecule has 2 rings (SSSR count). The Bertz CT molecular complexity index is 911. The van der Waals surface area contributed by atoms with Gasteiger partial charge in [-0.15, -0.1) is 0 Å². The monoisotopic (exact) mass is 553 g/mol. The molecule has 0 aliphatic carbocycles. The first kappa shape index (κ1) is 31.8. The minimum atomic E-state index is -1.16. The van der Waals surface area contributed by atoms with Gasteiger partial charge in [0.15, 0.2) is 5.96 Å². The van der Waals surface area contributed by atoms with Crippen LogP contribution in [0.3, 0.4) is 0 Å². The smallest absolute Gasteiger partial charge is 0.326 e. The summed E-state index contributed by atoms with van der Waals surface area (Å²) in [6.45, 7) is 1.11. The van der Waals surface area contributed by atoms with Crippen LogP contribution in [-0.2, 0) is 24.0 Å². The van der Waals surface area contributed by atoms with Crippen LogP contribution in [0.4, 0.5) is 0 Å². The van der Waals surface area contributed by atoms with Crippen molar-refractivity contribution in [2.75, 3.05) is 32.7 Å². The molecule has 0 aromatic rings. The van der Waals surface area contributed by atoms with E-state index in [1.54, 1.807) is 0 Å². The zero-order chi connectivity index (χ0) is 28.9. The van der Waals surface area contributed by atoms with Gasteiger partial charge in [-0.2, -0.15) is 0 Å². The molecule has 0 radical (unpaired) electrons. The molecular formula is C24H43N9O6. The Hall–Kier alpha value is -3.46. The van der Waals surface area contributed by atoms with Crippen LogP contribution in [0.2, 0.25) is 0 Å². The van der Waals surface area contributed by atoms with E-state index in [9.17, 15) is 29.1 Å². The van der Waals surface area contributed by atoms with Gasteiger partial charge in [-0.25, -0.2) is 4.79 Å². The van der Waals surface area contributed by atoms with Crippen LogP contribution in [0, 0.1) is 0 Å². The Morgan fingerprint density at radius 3 is 2.26 bits per heavy atom. The molecule has 15 heteroatoms. The van der Waals surface area contributed by atoms with Crippen LogP contribution in [0.5, 0.6) is 0 Å². The zero-order valence-corrected chi connectivity index (χ0v) is 22.3. The number of hydrogen-bond acceptors (Lipinski definition) is 8. The molecule has 0 aromatic carbocycles. The fourth-order valence-electron chi connectivity index (χ4n) is 4.92. The van der Waals surface area contributed by atoms with Crippen molar-refractivity contribution < 1.29 is 29.1 Å². The van der Waals surface area contributed by atoms with Gasteiger partial charge >= 0.3 is 5.97 Å². The molecule has 11 N–H and O–H groups in total. The van der Waals surface area contributed by atoms with E-state index >= 15 is 0 Å². The molecule has 2 aliphatic rings. The van der Waals surface area contributed by atoms with Gasteiger partial charge in [0, 0.05) is 19.6 Å². The predicted octanol–water partition coefficient (Wildman–Crippen LogP) is -2.84. The number of nitrogens with zero attached hydrogens (tertiary/aromatic N) is 3. The van der Waals surface area contributed by atoms with E-state index in [0.717, 1.165) is 0 Å². The lowest BCUT2D eigenvalue weighted by Crippen LogP contribution is -2.55. The summed E-state index contributed by atoms with van der Waals surface area (Å²) in [6, 6.07) is -3.36. The van der Waals surface area contributed by atoms with Crippen molar-refractivity contribution in [1.29, 1.82) is 0 Å². The van der Waals surface area contributed by atoms with E-state index in [4.69, 9.17) is 22.9 Å². The number of aliphatic carboxylic acids is 1. The number of amides is 4. The van der Waals surface area contributed by atoms with Crippen LogP contribution in [0.25, 0.3) is 0 Å². The number of likely N-dealkylation sites (tertiary alicyclic amines) is 2. The van der Waals surface area contributed by atoms with Gasteiger partial charge < -0.3 is 48.5 Å². The maximum atomic E-state index is 13.4. The Labute approximate surface area is 228 Å². The number of carbonyl (C=O) groups is 5. The SMILES string of the molecule is NCCCC[C@H](NC(=O)CNC(=O)[C@@H]1CCCN1C(=O)[C@@H]1CCCN1C(=O)[C@@H](N)CCCN=C(N)N)C(=O)O. The highest BCUT2D eigenvalue weighted by Gasteiger charge is 2.42. The maximum Gasteiger partial charge on any atom is 0.326 e. The fourth-order valence-corrected chi connectivity index (χ4v) is 4.92. The molecule has 4 amide bonds. The highest BCUT2D eigenvalue weighted by atomic mass is 16.4. The lowest BCUT2D eigenvalue weighted by molar-refractivity contribution is -0.147. The normalized spacial score (nSPS) is 20.3. The number of hydrogen-bond donors (Lipinski definition) is 7. The number of carbonyl (C=O) groups excluding carboxylic acids is 4. The van der Waals surface area contributed by atoms with E-state index in [2.05, 4.69) is 15.6 Å². The van der Waals surface area contributed by atoms with Gasteiger partial charge in [0.05, 0.1) is 12.6 Å². The number of rotatable bonds is 15. The molecule has 2 heterocycles. The summed E-state index contributed by atoms with van der Waals surface area (Å²) in [4.78, 5) is 69.8. The van der Waals surface area contributed by atoms with Gasteiger partial charge in [0.2, 0.25) is 23.6 Å². The molecule has 2 saturated heterocycles. The number of nitrogens with one attached hydrogen (secondary N) is 2. The number of nitrogens with two attached hydrogens (primary N) is 4.